The van der Waals surface area contributed by atoms with Gasteiger partial charge in [-0.25, -0.2) is 0 Å². The molecule has 2 aromatic rings. The van der Waals surface area contributed by atoms with Crippen molar-refractivity contribution >= 4 is 0 Å². The fraction of sp³-hybridized carbons (Fsp3) is 0.333. The van der Waals surface area contributed by atoms with Gasteiger partial charge in [0.15, 0.2) is 0 Å². The molecule has 3 heteroatoms. The molecule has 0 aliphatic rings. The maximum Gasteiger partial charge on any atom is 0.123 e. The number of hydrogen-bond donors (Lipinski definition) is 1. The van der Waals surface area contributed by atoms with Gasteiger partial charge >= 0.3 is 0 Å². The Labute approximate surface area is 126 Å². The zero-order chi connectivity index (χ0) is 15.2. The molecule has 0 aliphatic carbocycles. The van der Waals surface area contributed by atoms with Gasteiger partial charge in [0.2, 0.25) is 0 Å². The molecule has 0 saturated heterocycles. The van der Waals surface area contributed by atoms with Gasteiger partial charge in [0, 0.05) is 6.07 Å². The summed E-state index contributed by atoms with van der Waals surface area (Å²) in [6, 6.07) is 13.8. The van der Waals surface area contributed by atoms with E-state index < -0.39 is 0 Å². The average molecular weight is 285 g/mol. The van der Waals surface area contributed by atoms with Crippen molar-refractivity contribution in [3.05, 3.63) is 59.2 Å². The van der Waals surface area contributed by atoms with E-state index in [1.807, 2.05) is 31.2 Å². The highest BCUT2D eigenvalue weighted by Gasteiger charge is 2.10. The number of ether oxygens (including phenoxy) is 2. The molecule has 2 N–H and O–H groups in total. The molecule has 0 heterocycles. The Morgan fingerprint density at radius 2 is 1.71 bits per heavy atom. The quantitative estimate of drug-likeness (QED) is 0.878. The lowest BCUT2D eigenvalue weighted by atomic mass is 10.0. The zero-order valence-corrected chi connectivity index (χ0v) is 12.9. The molecule has 1 atom stereocenters. The lowest BCUT2D eigenvalue weighted by molar-refractivity contribution is 0.286. The molecule has 2 rings (SSSR count). The van der Waals surface area contributed by atoms with E-state index in [1.165, 1.54) is 11.1 Å². The monoisotopic (exact) mass is 285 g/mol. The van der Waals surface area contributed by atoms with Crippen LogP contribution in [0.15, 0.2) is 42.5 Å². The molecule has 1 unspecified atom stereocenters. The van der Waals surface area contributed by atoms with E-state index in [2.05, 4.69) is 32.0 Å². The standard InChI is InChI=1S/C18H23NO2/c1-4-20-15-6-5-7-16(11-15)21-12-18(19)17-9-8-13(2)10-14(17)3/h5-11,18H,4,12,19H2,1-3H3. The first-order chi connectivity index (χ1) is 10.1. The summed E-state index contributed by atoms with van der Waals surface area (Å²) in [7, 11) is 0. The second kappa shape index (κ2) is 7.14. The number of benzene rings is 2. The van der Waals surface area contributed by atoms with Crippen LogP contribution in [-0.2, 0) is 0 Å². The van der Waals surface area contributed by atoms with E-state index in [1.54, 1.807) is 0 Å². The molecule has 0 radical (unpaired) electrons. The van der Waals surface area contributed by atoms with Crippen molar-refractivity contribution in [2.45, 2.75) is 26.8 Å². The van der Waals surface area contributed by atoms with Gasteiger partial charge in [-0.2, -0.15) is 0 Å². The third-order valence-electron chi connectivity index (χ3n) is 3.37. The van der Waals surface area contributed by atoms with Gasteiger partial charge in [0.25, 0.3) is 0 Å². The summed E-state index contributed by atoms with van der Waals surface area (Å²) in [5.74, 6) is 1.59. The first-order valence-corrected chi connectivity index (χ1v) is 7.28. The summed E-state index contributed by atoms with van der Waals surface area (Å²) in [5, 5.41) is 0. The molecule has 21 heavy (non-hydrogen) atoms. The Bertz CT molecular complexity index is 596. The van der Waals surface area contributed by atoms with E-state index in [-0.39, 0.29) is 6.04 Å². The molecule has 112 valence electrons. The number of nitrogens with two attached hydrogens (primary N) is 1. The Kier molecular flexibility index (Phi) is 5.23. The van der Waals surface area contributed by atoms with Crippen molar-refractivity contribution in [3.8, 4) is 11.5 Å². The van der Waals surface area contributed by atoms with E-state index >= 15 is 0 Å². The van der Waals surface area contributed by atoms with Crippen molar-refractivity contribution in [1.82, 2.24) is 0 Å². The van der Waals surface area contributed by atoms with Gasteiger partial charge in [-0.3, -0.25) is 0 Å². The fourth-order valence-corrected chi connectivity index (χ4v) is 2.34. The minimum Gasteiger partial charge on any atom is -0.494 e. The van der Waals surface area contributed by atoms with Crippen molar-refractivity contribution in [2.75, 3.05) is 13.2 Å². The van der Waals surface area contributed by atoms with Crippen LogP contribution >= 0.6 is 0 Å². The van der Waals surface area contributed by atoms with Crippen molar-refractivity contribution in [3.63, 3.8) is 0 Å². The molecule has 0 fully saturated rings. The molecule has 0 saturated carbocycles. The minimum atomic E-state index is -0.138. The van der Waals surface area contributed by atoms with Crippen molar-refractivity contribution < 1.29 is 9.47 Å². The van der Waals surface area contributed by atoms with Crippen LogP contribution in [0.4, 0.5) is 0 Å². The molecular weight excluding hydrogens is 262 g/mol. The fourth-order valence-electron chi connectivity index (χ4n) is 2.34. The lowest BCUT2D eigenvalue weighted by Crippen LogP contribution is -2.20. The van der Waals surface area contributed by atoms with Gasteiger partial charge in [0.1, 0.15) is 18.1 Å². The van der Waals surface area contributed by atoms with Crippen molar-refractivity contribution in [2.24, 2.45) is 5.73 Å². The Morgan fingerprint density at radius 1 is 1.00 bits per heavy atom. The van der Waals surface area contributed by atoms with Gasteiger partial charge in [-0.15, -0.1) is 0 Å². The summed E-state index contributed by atoms with van der Waals surface area (Å²) in [4.78, 5) is 0. The highest BCUT2D eigenvalue weighted by molar-refractivity contribution is 5.34. The van der Waals surface area contributed by atoms with Crippen LogP contribution in [0.5, 0.6) is 11.5 Å². The summed E-state index contributed by atoms with van der Waals surface area (Å²) in [6.45, 7) is 7.21. The Morgan fingerprint density at radius 3 is 2.38 bits per heavy atom. The molecule has 0 spiro atoms. The summed E-state index contributed by atoms with van der Waals surface area (Å²) >= 11 is 0. The predicted octanol–water partition coefficient (Wildman–Crippen LogP) is 3.78. The smallest absolute Gasteiger partial charge is 0.123 e. The van der Waals surface area contributed by atoms with Crippen molar-refractivity contribution in [1.29, 1.82) is 0 Å². The largest absolute Gasteiger partial charge is 0.494 e. The van der Waals surface area contributed by atoms with Crippen LogP contribution in [0.2, 0.25) is 0 Å². The van der Waals surface area contributed by atoms with Gasteiger partial charge < -0.3 is 15.2 Å². The van der Waals surface area contributed by atoms with Crippen LogP contribution in [0.25, 0.3) is 0 Å². The molecule has 2 aromatic carbocycles. The van der Waals surface area contributed by atoms with E-state index in [9.17, 15) is 0 Å². The van der Waals surface area contributed by atoms with Crippen LogP contribution in [0.1, 0.15) is 29.7 Å². The molecule has 0 aliphatic heterocycles. The highest BCUT2D eigenvalue weighted by atomic mass is 16.5. The van der Waals surface area contributed by atoms with Gasteiger partial charge in [-0.1, -0.05) is 29.8 Å². The Balaban J connectivity index is 2.00. The van der Waals surface area contributed by atoms with E-state index in [4.69, 9.17) is 15.2 Å². The molecule has 0 bridgehead atoms. The highest BCUT2D eigenvalue weighted by Crippen LogP contribution is 2.22. The predicted molar refractivity (Wildman–Crippen MR) is 86.0 cm³/mol. The normalized spacial score (nSPS) is 12.0. The molecular formula is C18H23NO2. The topological polar surface area (TPSA) is 44.5 Å². The first kappa shape index (κ1) is 15.4. The second-order valence-corrected chi connectivity index (χ2v) is 5.19. The summed E-state index contributed by atoms with van der Waals surface area (Å²) < 4.78 is 11.2. The molecule has 3 nitrogen and oxygen atoms in total. The third kappa shape index (κ3) is 4.23. The maximum absolute atomic E-state index is 6.23. The summed E-state index contributed by atoms with van der Waals surface area (Å²) in [5.41, 5.74) is 9.81. The van der Waals surface area contributed by atoms with Crippen LogP contribution < -0.4 is 15.2 Å². The van der Waals surface area contributed by atoms with Gasteiger partial charge in [0.05, 0.1) is 12.6 Å². The van der Waals surface area contributed by atoms with E-state index in [0.717, 1.165) is 17.1 Å². The van der Waals surface area contributed by atoms with Crippen LogP contribution in [0, 0.1) is 13.8 Å². The average Bonchev–Trinajstić information content (AvgIpc) is 2.45. The van der Waals surface area contributed by atoms with E-state index in [0.29, 0.717) is 13.2 Å². The summed E-state index contributed by atoms with van der Waals surface area (Å²) in [6.07, 6.45) is 0. The zero-order valence-electron chi connectivity index (χ0n) is 12.9. The third-order valence-corrected chi connectivity index (χ3v) is 3.37. The van der Waals surface area contributed by atoms with Gasteiger partial charge in [-0.05, 0) is 44.0 Å². The number of aryl methyl sites for hydroxylation is 2. The SMILES string of the molecule is CCOc1cccc(OCC(N)c2ccc(C)cc2C)c1. The minimum absolute atomic E-state index is 0.138. The second-order valence-electron chi connectivity index (χ2n) is 5.19. The van der Waals surface area contributed by atoms with Crippen LogP contribution in [-0.4, -0.2) is 13.2 Å². The number of hydrogen-bond acceptors (Lipinski definition) is 3. The first-order valence-electron chi connectivity index (χ1n) is 7.28. The molecule has 0 aromatic heterocycles. The van der Waals surface area contributed by atoms with Crippen LogP contribution in [0.3, 0.4) is 0 Å². The molecule has 0 amide bonds. The number of rotatable bonds is 6. The maximum atomic E-state index is 6.23. The Hall–Kier alpha value is -2.00. The lowest BCUT2D eigenvalue weighted by Gasteiger charge is -2.16.